The molecule has 0 aromatic heterocycles. The van der Waals surface area contributed by atoms with Crippen LogP contribution in [0.1, 0.15) is 43.0 Å². The van der Waals surface area contributed by atoms with E-state index in [2.05, 4.69) is 0 Å². The number of aliphatic hydroxyl groups is 14. The van der Waals surface area contributed by atoms with Crippen molar-refractivity contribution in [2.24, 2.45) is 11.8 Å². The fourth-order valence-electron chi connectivity index (χ4n) is 9.29. The zero-order chi connectivity index (χ0) is 46.8. The third-order valence-corrected chi connectivity index (χ3v) is 13.2. The maximum atomic E-state index is 14.0. The Labute approximate surface area is 363 Å². The molecule has 2 unspecified atom stereocenters. The summed E-state index contributed by atoms with van der Waals surface area (Å²) in [7, 11) is 0. The Kier molecular flexibility index (Phi) is 14.3. The summed E-state index contributed by atoms with van der Waals surface area (Å²) >= 11 is 0. The molecule has 4 saturated heterocycles. The first kappa shape index (κ1) is 49.1. The van der Waals surface area contributed by atoms with Gasteiger partial charge in [0.05, 0.1) is 43.5 Å². The number of phenols is 1. The minimum atomic E-state index is -2.95. The van der Waals surface area contributed by atoms with Crippen molar-refractivity contribution >= 4 is 11.9 Å². The Balaban J connectivity index is 1.08. The molecular weight excluding hydrogens is 868 g/mol. The summed E-state index contributed by atoms with van der Waals surface area (Å²) in [5.41, 5.74) is -2.84. The summed E-state index contributed by atoms with van der Waals surface area (Å²) in [4.78, 5) is 27.0. The molecule has 0 radical (unpaired) electrons. The van der Waals surface area contributed by atoms with Gasteiger partial charge in [0.1, 0.15) is 91.2 Å². The molecule has 1 aromatic carbocycles. The second kappa shape index (κ2) is 18.7. The van der Waals surface area contributed by atoms with E-state index in [9.17, 15) is 86.2 Å². The van der Waals surface area contributed by atoms with Crippen LogP contribution in [0.4, 0.5) is 0 Å². The fraction of sp³-hybridized carbons (Fsp3) is 0.795. The van der Waals surface area contributed by atoms with Crippen LogP contribution in [0.5, 0.6) is 5.75 Å². The fourth-order valence-corrected chi connectivity index (χ4v) is 9.29. The van der Waals surface area contributed by atoms with E-state index in [0.717, 1.165) is 0 Å². The van der Waals surface area contributed by atoms with Crippen molar-refractivity contribution in [1.29, 1.82) is 0 Å². The predicted molar refractivity (Wildman–Crippen MR) is 199 cm³/mol. The minimum absolute atomic E-state index is 0.0690. The van der Waals surface area contributed by atoms with Crippen LogP contribution in [0.2, 0.25) is 0 Å². The second-order valence-electron chi connectivity index (χ2n) is 17.4. The van der Waals surface area contributed by atoms with Gasteiger partial charge in [-0.15, -0.1) is 0 Å². The van der Waals surface area contributed by atoms with Crippen molar-refractivity contribution in [3.63, 3.8) is 0 Å². The standard InChI is InChI=1S/C39H56O25/c1-13-12-57-37(9-19(13)59-32(52)14-2-4-16(42)5-3-14)36(54)39(56)22(44)6-15(8-38(39,55)64-37)33(53)58-18-7-17(43)23(45)27(49)30(18)62-35-31(28(50)25(47)21(11-41)61-35)63-34-29(51)26(48)24(46)20(10-40)60-34/h2-5,13,15,17-31,34-36,40-51,54-56H,6-12H2,1H3/t13-,15+,17+,18-,19+,20-,21-,22+,23-,24-,25-,26+,27+,28+,29-,30+,31-,34?,35?,36+,37+,38-,39+/m1/s1. The van der Waals surface area contributed by atoms with Gasteiger partial charge in [0.15, 0.2) is 18.2 Å². The number of carbonyl (C=O) groups is 2. The van der Waals surface area contributed by atoms with Gasteiger partial charge < -0.3 is 114 Å². The molecular formula is C39H56O25. The van der Waals surface area contributed by atoms with Gasteiger partial charge in [-0.3, -0.25) is 4.79 Å². The van der Waals surface area contributed by atoms with Crippen molar-refractivity contribution < 1.29 is 124 Å². The second-order valence-corrected chi connectivity index (χ2v) is 17.4. The number of hydrogen-bond donors (Lipinski definition) is 15. The van der Waals surface area contributed by atoms with Gasteiger partial charge in [0.2, 0.25) is 11.6 Å². The van der Waals surface area contributed by atoms with E-state index < -0.39 is 190 Å². The molecule has 1 spiro atoms. The van der Waals surface area contributed by atoms with Crippen LogP contribution in [-0.4, -0.2) is 236 Å². The number of phenolic OH excluding ortho intramolecular Hbond substituents is 1. The monoisotopic (exact) mass is 924 g/mol. The average Bonchev–Trinajstić information content (AvgIpc) is 3.43. The summed E-state index contributed by atoms with van der Waals surface area (Å²) in [6, 6.07) is 5.15. The normalized spacial score (nSPS) is 49.5. The lowest BCUT2D eigenvalue weighted by Gasteiger charge is -2.48. The number of carbonyl (C=O) groups excluding carboxylic acids is 2. The number of hydrogen-bond acceptors (Lipinski definition) is 25. The van der Waals surface area contributed by atoms with E-state index in [1.165, 1.54) is 24.3 Å². The highest BCUT2D eigenvalue weighted by molar-refractivity contribution is 5.89. The van der Waals surface area contributed by atoms with Crippen molar-refractivity contribution in [2.75, 3.05) is 19.8 Å². The number of rotatable bonds is 10. The topological polar surface area (TPSA) is 411 Å². The summed E-state index contributed by atoms with van der Waals surface area (Å²) in [5, 5.41) is 161. The zero-order valence-corrected chi connectivity index (χ0v) is 34.1. The van der Waals surface area contributed by atoms with Crippen LogP contribution in [0.15, 0.2) is 24.3 Å². The van der Waals surface area contributed by atoms with Gasteiger partial charge in [0.25, 0.3) is 0 Å². The van der Waals surface area contributed by atoms with E-state index in [1.807, 2.05) is 0 Å². The zero-order valence-electron chi connectivity index (χ0n) is 34.1. The Morgan fingerprint density at radius 2 is 1.30 bits per heavy atom. The predicted octanol–water partition coefficient (Wildman–Crippen LogP) is -7.34. The molecule has 25 heteroatoms. The number of fused-ring (bicyclic) bond motifs is 1. The number of esters is 2. The molecule has 0 bridgehead atoms. The molecule has 1 aromatic rings. The maximum Gasteiger partial charge on any atom is 0.338 e. The average molecular weight is 925 g/mol. The van der Waals surface area contributed by atoms with Gasteiger partial charge in [0, 0.05) is 25.2 Å². The largest absolute Gasteiger partial charge is 0.508 e. The molecule has 4 aliphatic heterocycles. The minimum Gasteiger partial charge on any atom is -0.508 e. The third-order valence-electron chi connectivity index (χ3n) is 13.2. The highest BCUT2D eigenvalue weighted by Crippen LogP contribution is 2.56. The molecule has 2 aliphatic carbocycles. The first-order valence-electron chi connectivity index (χ1n) is 20.7. The highest BCUT2D eigenvalue weighted by Gasteiger charge is 2.77. The molecule has 64 heavy (non-hydrogen) atoms. The quantitative estimate of drug-likeness (QED) is 0.0969. The number of aromatic hydroxyl groups is 1. The summed E-state index contributed by atoms with van der Waals surface area (Å²) in [6.45, 7) is -0.405. The Morgan fingerprint density at radius 3 is 1.94 bits per heavy atom. The smallest absolute Gasteiger partial charge is 0.338 e. The number of benzene rings is 1. The van der Waals surface area contributed by atoms with E-state index in [0.29, 0.717) is 0 Å². The molecule has 4 heterocycles. The molecule has 15 N–H and O–H groups in total. The van der Waals surface area contributed by atoms with Crippen LogP contribution in [0.3, 0.4) is 0 Å². The lowest BCUT2D eigenvalue weighted by atomic mass is 9.69. The van der Waals surface area contributed by atoms with E-state index in [-0.39, 0.29) is 17.9 Å². The van der Waals surface area contributed by atoms with Crippen LogP contribution in [0.25, 0.3) is 0 Å². The maximum absolute atomic E-state index is 14.0. The molecule has 6 aliphatic rings. The highest BCUT2D eigenvalue weighted by atomic mass is 16.8. The number of aliphatic hydroxyl groups excluding tert-OH is 12. The van der Waals surface area contributed by atoms with E-state index >= 15 is 0 Å². The van der Waals surface area contributed by atoms with Crippen molar-refractivity contribution in [2.45, 2.75) is 160 Å². The van der Waals surface area contributed by atoms with Crippen molar-refractivity contribution in [3.8, 4) is 5.75 Å². The first-order valence-corrected chi connectivity index (χ1v) is 20.7. The van der Waals surface area contributed by atoms with Gasteiger partial charge in [-0.05, 0) is 30.7 Å². The Morgan fingerprint density at radius 1 is 0.703 bits per heavy atom. The van der Waals surface area contributed by atoms with Crippen LogP contribution in [-0.2, 0) is 42.7 Å². The van der Waals surface area contributed by atoms with Gasteiger partial charge >= 0.3 is 11.9 Å². The first-order chi connectivity index (χ1) is 30.1. The molecule has 23 atom stereocenters. The summed E-state index contributed by atoms with van der Waals surface area (Å²) < 4.78 is 45.6. The van der Waals surface area contributed by atoms with Gasteiger partial charge in [-0.2, -0.15) is 0 Å². The van der Waals surface area contributed by atoms with E-state index in [4.69, 9.17) is 37.9 Å². The molecule has 0 amide bonds. The van der Waals surface area contributed by atoms with Gasteiger partial charge in [-0.25, -0.2) is 4.79 Å². The van der Waals surface area contributed by atoms with Crippen LogP contribution in [0, 0.1) is 11.8 Å². The summed E-state index contributed by atoms with van der Waals surface area (Å²) in [5.74, 6) is -9.54. The molecule has 7 rings (SSSR count). The molecule has 2 saturated carbocycles. The third kappa shape index (κ3) is 8.64. The SMILES string of the molecule is C[C@@H]1CO[C@@]2(C[C@@H]1OC(=O)c1ccc(O)cc1)O[C@]1(O)C[C@@H](C(=O)O[C@@H]3C[C@H](O)[C@@H](O)[C@H](O)[C@H]3OC3O[C@H](CO)[C@@H](O)[C@H](O)[C@H]3OC3O[C@H](CO)[C@@H](O)[C@H](O)[C@H]3O)C[C@H](O)[C@]1(O)[C@H]2O. The molecule has 362 valence electrons. The van der Waals surface area contributed by atoms with Gasteiger partial charge in [-0.1, -0.05) is 6.92 Å². The summed E-state index contributed by atoms with van der Waals surface area (Å²) in [6.07, 6.45) is -36.5. The lowest BCUT2D eigenvalue weighted by molar-refractivity contribution is -0.379. The van der Waals surface area contributed by atoms with Crippen LogP contribution >= 0.6 is 0 Å². The van der Waals surface area contributed by atoms with Crippen molar-refractivity contribution in [3.05, 3.63) is 29.8 Å². The number of ether oxygens (including phenoxy) is 8. The van der Waals surface area contributed by atoms with Crippen molar-refractivity contribution in [1.82, 2.24) is 0 Å². The Hall–Kier alpha value is -2.84. The van der Waals surface area contributed by atoms with E-state index in [1.54, 1.807) is 6.92 Å². The molecule has 25 nitrogen and oxygen atoms in total. The molecule has 6 fully saturated rings. The van der Waals surface area contributed by atoms with Crippen LogP contribution < -0.4 is 0 Å². The lowest BCUT2D eigenvalue weighted by Crippen LogP contribution is -2.68. The Bertz CT molecular complexity index is 1790.